The standard InChI is InChI=1S/C75H128O6/c1-4-7-10-13-16-19-22-25-28-29-30-31-32-33-34-35-36-37-38-39-40-41-42-43-44-45-48-50-53-56-59-62-65-68-74(77)80-71-72(81-75(78)69-66-63-60-57-54-51-47-27-24-21-18-15-12-9-6-3)70-79-73(76)67-64-61-58-55-52-49-46-26-23-20-17-14-11-8-5-2/h9,12,18,21-22,25-27,29-30,32-33,46-47,54,57,63,66,72H,4-8,10-11,13-17,19-20,23-24,28,31,34-45,48-53,55-56,58-62,64-65,67-71H2,1-3H3/b12-9-,21-18-,25-22-,30-29-,33-32-,46-26-,47-27-,57-54-,66-63-. The van der Waals surface area contributed by atoms with E-state index in [1.165, 1.54) is 193 Å². The predicted octanol–water partition coefficient (Wildman–Crippen LogP) is 23.8. The third-order valence-corrected chi connectivity index (χ3v) is 14.8. The van der Waals surface area contributed by atoms with E-state index in [1.54, 1.807) is 6.08 Å². The number of allylic oxidation sites excluding steroid dienone is 17. The van der Waals surface area contributed by atoms with Gasteiger partial charge in [0.2, 0.25) is 0 Å². The Labute approximate surface area is 501 Å². The lowest BCUT2D eigenvalue weighted by Gasteiger charge is -2.18. The molecule has 0 aliphatic heterocycles. The van der Waals surface area contributed by atoms with Crippen molar-refractivity contribution in [2.24, 2.45) is 0 Å². The molecular formula is C75H128O6. The van der Waals surface area contributed by atoms with Gasteiger partial charge in [0, 0.05) is 12.8 Å². The third-order valence-electron chi connectivity index (χ3n) is 14.8. The van der Waals surface area contributed by atoms with Gasteiger partial charge in [0.15, 0.2) is 6.10 Å². The predicted molar refractivity (Wildman–Crippen MR) is 353 cm³/mol. The fourth-order valence-electron chi connectivity index (χ4n) is 9.64. The van der Waals surface area contributed by atoms with Crippen LogP contribution in [0.3, 0.4) is 0 Å². The number of hydrogen-bond donors (Lipinski definition) is 0. The summed E-state index contributed by atoms with van der Waals surface area (Å²) in [6, 6.07) is 0. The summed E-state index contributed by atoms with van der Waals surface area (Å²) in [4.78, 5) is 38.2. The molecule has 0 aliphatic carbocycles. The Morgan fingerprint density at radius 1 is 0.272 bits per heavy atom. The molecule has 0 aromatic rings. The highest BCUT2D eigenvalue weighted by molar-refractivity contribution is 5.72. The van der Waals surface area contributed by atoms with Gasteiger partial charge in [-0.1, -0.05) is 310 Å². The molecule has 6 nitrogen and oxygen atoms in total. The first-order chi connectivity index (χ1) is 40.0. The summed E-state index contributed by atoms with van der Waals surface area (Å²) < 4.78 is 16.8. The molecule has 464 valence electrons. The van der Waals surface area contributed by atoms with Crippen molar-refractivity contribution in [2.75, 3.05) is 13.2 Å². The molecule has 0 bridgehead atoms. The maximum Gasteiger partial charge on any atom is 0.310 e. The molecule has 0 amide bonds. The molecule has 0 spiro atoms. The molecule has 0 heterocycles. The molecule has 0 saturated carbocycles. The minimum absolute atomic E-state index is 0.0947. The summed E-state index contributed by atoms with van der Waals surface area (Å²) in [5.74, 6) is -1.05. The van der Waals surface area contributed by atoms with E-state index in [1.807, 2.05) is 6.08 Å². The molecule has 0 aromatic heterocycles. The maximum atomic E-state index is 12.8. The summed E-state index contributed by atoms with van der Waals surface area (Å²) in [7, 11) is 0. The molecule has 0 saturated heterocycles. The summed E-state index contributed by atoms with van der Waals surface area (Å²) in [5.41, 5.74) is 0. The van der Waals surface area contributed by atoms with Crippen LogP contribution in [0.4, 0.5) is 0 Å². The fraction of sp³-hybridized carbons (Fsp3) is 0.720. The molecule has 0 radical (unpaired) electrons. The van der Waals surface area contributed by atoms with Crippen molar-refractivity contribution in [1.82, 2.24) is 0 Å². The Morgan fingerprint density at radius 3 is 0.827 bits per heavy atom. The van der Waals surface area contributed by atoms with Gasteiger partial charge in [-0.2, -0.15) is 0 Å². The molecule has 0 rings (SSSR count). The monoisotopic (exact) mass is 1120 g/mol. The number of hydrogen-bond acceptors (Lipinski definition) is 6. The van der Waals surface area contributed by atoms with Gasteiger partial charge in [0.05, 0.1) is 6.42 Å². The van der Waals surface area contributed by atoms with Crippen LogP contribution in [0, 0.1) is 0 Å². The van der Waals surface area contributed by atoms with Gasteiger partial charge < -0.3 is 14.2 Å². The molecule has 0 aromatic carbocycles. The van der Waals surface area contributed by atoms with E-state index in [-0.39, 0.29) is 31.6 Å². The van der Waals surface area contributed by atoms with Crippen molar-refractivity contribution < 1.29 is 28.6 Å². The van der Waals surface area contributed by atoms with Crippen LogP contribution < -0.4 is 0 Å². The van der Waals surface area contributed by atoms with E-state index in [2.05, 4.69) is 118 Å². The number of ether oxygens (including phenoxy) is 3. The molecule has 1 unspecified atom stereocenters. The summed E-state index contributed by atoms with van der Waals surface area (Å²) in [6.45, 7) is 6.44. The Balaban J connectivity index is 4.23. The van der Waals surface area contributed by atoms with Crippen LogP contribution in [-0.4, -0.2) is 37.2 Å². The topological polar surface area (TPSA) is 78.9 Å². The van der Waals surface area contributed by atoms with Crippen molar-refractivity contribution in [3.8, 4) is 0 Å². The molecule has 6 heteroatoms. The second-order valence-corrected chi connectivity index (χ2v) is 22.7. The van der Waals surface area contributed by atoms with Crippen LogP contribution >= 0.6 is 0 Å². The fourth-order valence-corrected chi connectivity index (χ4v) is 9.64. The van der Waals surface area contributed by atoms with Gasteiger partial charge in [-0.05, 0) is 109 Å². The lowest BCUT2D eigenvalue weighted by Crippen LogP contribution is -2.30. The zero-order valence-electron chi connectivity index (χ0n) is 53.3. The quantitative estimate of drug-likeness (QED) is 0.0261. The Hall–Kier alpha value is -3.93. The van der Waals surface area contributed by atoms with E-state index in [0.717, 1.165) is 96.3 Å². The van der Waals surface area contributed by atoms with E-state index < -0.39 is 12.1 Å². The number of carbonyl (C=O) groups excluding carboxylic acids is 3. The Kier molecular flexibility index (Phi) is 65.2. The minimum atomic E-state index is -0.837. The van der Waals surface area contributed by atoms with Gasteiger partial charge >= 0.3 is 17.9 Å². The van der Waals surface area contributed by atoms with Gasteiger partial charge in [-0.25, -0.2) is 0 Å². The molecule has 1 atom stereocenters. The number of rotatable bonds is 62. The number of esters is 3. The van der Waals surface area contributed by atoms with Crippen LogP contribution in [0.15, 0.2) is 109 Å². The van der Waals surface area contributed by atoms with Crippen molar-refractivity contribution in [1.29, 1.82) is 0 Å². The highest BCUT2D eigenvalue weighted by Gasteiger charge is 2.19. The van der Waals surface area contributed by atoms with Crippen molar-refractivity contribution in [2.45, 2.75) is 335 Å². The normalized spacial score (nSPS) is 12.8. The van der Waals surface area contributed by atoms with Crippen LogP contribution in [0.25, 0.3) is 0 Å². The number of carbonyl (C=O) groups is 3. The van der Waals surface area contributed by atoms with Gasteiger partial charge in [-0.3, -0.25) is 14.4 Å². The van der Waals surface area contributed by atoms with Gasteiger partial charge in [0.25, 0.3) is 0 Å². The maximum absolute atomic E-state index is 12.8. The largest absolute Gasteiger partial charge is 0.462 e. The van der Waals surface area contributed by atoms with Crippen molar-refractivity contribution in [3.05, 3.63) is 109 Å². The lowest BCUT2D eigenvalue weighted by molar-refractivity contribution is -0.166. The molecule has 0 aliphatic rings. The summed E-state index contributed by atoms with van der Waals surface area (Å²) >= 11 is 0. The lowest BCUT2D eigenvalue weighted by atomic mass is 10.0. The van der Waals surface area contributed by atoms with Crippen molar-refractivity contribution in [3.63, 3.8) is 0 Å². The highest BCUT2D eigenvalue weighted by atomic mass is 16.6. The van der Waals surface area contributed by atoms with Crippen LogP contribution in [-0.2, 0) is 28.6 Å². The Morgan fingerprint density at radius 2 is 0.519 bits per heavy atom. The average Bonchev–Trinajstić information content (AvgIpc) is 3.47. The van der Waals surface area contributed by atoms with E-state index in [9.17, 15) is 14.4 Å². The van der Waals surface area contributed by atoms with Crippen LogP contribution in [0.5, 0.6) is 0 Å². The van der Waals surface area contributed by atoms with Gasteiger partial charge in [0.1, 0.15) is 13.2 Å². The number of unbranched alkanes of at least 4 members (excludes halogenated alkanes) is 34. The van der Waals surface area contributed by atoms with E-state index in [4.69, 9.17) is 14.2 Å². The second-order valence-electron chi connectivity index (χ2n) is 22.7. The highest BCUT2D eigenvalue weighted by Crippen LogP contribution is 2.17. The molecule has 0 N–H and O–H groups in total. The van der Waals surface area contributed by atoms with Gasteiger partial charge in [-0.15, -0.1) is 0 Å². The average molecular weight is 1130 g/mol. The zero-order valence-corrected chi connectivity index (χ0v) is 53.3. The van der Waals surface area contributed by atoms with Crippen LogP contribution in [0.1, 0.15) is 329 Å². The Bertz CT molecular complexity index is 1620. The minimum Gasteiger partial charge on any atom is -0.462 e. The first-order valence-electron chi connectivity index (χ1n) is 34.4. The smallest absolute Gasteiger partial charge is 0.310 e. The molecule has 0 fully saturated rings. The first kappa shape index (κ1) is 77.1. The summed E-state index contributed by atoms with van der Waals surface area (Å²) in [5, 5.41) is 0. The second kappa shape index (κ2) is 68.6. The van der Waals surface area contributed by atoms with Crippen molar-refractivity contribution >= 4 is 17.9 Å². The zero-order chi connectivity index (χ0) is 58.5. The SMILES string of the molecule is CC/C=C\C/C=C\C/C=C\C/C=C\C/C=C\CC(=O)OC(COC(=O)CCCCCCC/C=C\CCCCCCCC)COC(=O)CCCCCCCCCCCCCCCCCCCC/C=C\C/C=C\C/C=C\CCCCCCC. The summed E-state index contributed by atoms with van der Waals surface area (Å²) in [6.07, 6.45) is 94.4. The third kappa shape index (κ3) is 66.8. The van der Waals surface area contributed by atoms with E-state index >= 15 is 0 Å². The van der Waals surface area contributed by atoms with E-state index in [0.29, 0.717) is 12.8 Å². The first-order valence-corrected chi connectivity index (χ1v) is 34.4. The molecule has 81 heavy (non-hydrogen) atoms. The van der Waals surface area contributed by atoms with Crippen LogP contribution in [0.2, 0.25) is 0 Å². The molecular weight excluding hydrogens is 997 g/mol.